The van der Waals surface area contributed by atoms with Gasteiger partial charge in [0.2, 0.25) is 0 Å². The van der Waals surface area contributed by atoms with Gasteiger partial charge in [0.1, 0.15) is 12.9 Å². The molecule has 0 spiro atoms. The molecule has 3 heteroatoms. The summed E-state index contributed by atoms with van der Waals surface area (Å²) in [7, 11) is 1.67. The van der Waals surface area contributed by atoms with Crippen LogP contribution in [-0.4, -0.2) is 17.9 Å². The van der Waals surface area contributed by atoms with Gasteiger partial charge in [0.05, 0.1) is 5.71 Å². The number of fused-ring (bicyclic) bond motifs is 5. The van der Waals surface area contributed by atoms with Crippen molar-refractivity contribution >= 4 is 5.71 Å². The highest BCUT2D eigenvalue weighted by Crippen LogP contribution is 2.60. The number of hydrogen-bond donors (Lipinski definition) is 1. The second kappa shape index (κ2) is 5.25. The van der Waals surface area contributed by atoms with Crippen LogP contribution in [-0.2, 0) is 11.3 Å². The lowest BCUT2D eigenvalue weighted by Gasteiger charge is -2.49. The maximum atomic E-state index is 9.92. The van der Waals surface area contributed by atoms with Gasteiger partial charge in [-0.1, -0.05) is 12.1 Å². The molecule has 4 unspecified atom stereocenters. The van der Waals surface area contributed by atoms with Gasteiger partial charge < -0.3 is 9.94 Å². The molecule has 1 aromatic rings. The van der Waals surface area contributed by atoms with Crippen molar-refractivity contribution in [1.82, 2.24) is 0 Å². The van der Waals surface area contributed by atoms with Crippen LogP contribution in [0.3, 0.4) is 0 Å². The van der Waals surface area contributed by atoms with Gasteiger partial charge in [0.25, 0.3) is 0 Å². The number of rotatable bonds is 1. The van der Waals surface area contributed by atoms with Crippen molar-refractivity contribution in [2.75, 3.05) is 7.11 Å². The third-order valence-corrected chi connectivity index (χ3v) is 6.95. The summed E-state index contributed by atoms with van der Waals surface area (Å²) in [4.78, 5) is 5.12. The Bertz CT molecular complexity index is 666. The Morgan fingerprint density at radius 1 is 1.22 bits per heavy atom. The van der Waals surface area contributed by atoms with Gasteiger partial charge in [-0.25, -0.2) is 0 Å². The second-order valence-electron chi connectivity index (χ2n) is 7.97. The molecule has 124 valence electrons. The van der Waals surface area contributed by atoms with E-state index < -0.39 is 0 Å². The molecule has 3 aliphatic carbocycles. The highest BCUT2D eigenvalue weighted by Gasteiger charge is 2.53. The maximum Gasteiger partial charge on any atom is 0.116 e. The first-order valence-electron chi connectivity index (χ1n) is 8.97. The molecule has 0 bridgehead atoms. The molecule has 0 aliphatic heterocycles. The Kier molecular flexibility index (Phi) is 3.44. The largest absolute Gasteiger partial charge is 0.508 e. The zero-order chi connectivity index (χ0) is 16.2. The monoisotopic (exact) mass is 313 g/mol. The number of aromatic hydroxyl groups is 1. The van der Waals surface area contributed by atoms with Gasteiger partial charge in [-0.15, -0.1) is 0 Å². The topological polar surface area (TPSA) is 41.8 Å². The molecule has 4 atom stereocenters. The average molecular weight is 313 g/mol. The van der Waals surface area contributed by atoms with Crippen LogP contribution in [0, 0.1) is 24.2 Å². The molecule has 0 saturated heterocycles. The van der Waals surface area contributed by atoms with Gasteiger partial charge in [-0.3, -0.25) is 0 Å². The Balaban J connectivity index is 1.72. The smallest absolute Gasteiger partial charge is 0.116 e. The summed E-state index contributed by atoms with van der Waals surface area (Å²) in [6.45, 7) is 4.58. The number of benzene rings is 1. The van der Waals surface area contributed by atoms with Crippen molar-refractivity contribution in [2.45, 2.75) is 58.3 Å². The van der Waals surface area contributed by atoms with Crippen molar-refractivity contribution in [1.29, 1.82) is 0 Å². The Hall–Kier alpha value is -1.51. The fourth-order valence-electron chi connectivity index (χ4n) is 6.01. The highest BCUT2D eigenvalue weighted by atomic mass is 16.6. The fourth-order valence-corrected chi connectivity index (χ4v) is 6.01. The number of phenols is 1. The van der Waals surface area contributed by atoms with Crippen molar-refractivity contribution < 1.29 is 9.94 Å². The minimum atomic E-state index is 0.236. The van der Waals surface area contributed by atoms with Crippen molar-refractivity contribution in [2.24, 2.45) is 22.4 Å². The van der Waals surface area contributed by atoms with E-state index in [4.69, 9.17) is 4.84 Å². The molecule has 2 fully saturated rings. The van der Waals surface area contributed by atoms with Gasteiger partial charge >= 0.3 is 0 Å². The van der Waals surface area contributed by atoms with E-state index in [1.165, 1.54) is 42.5 Å². The molecule has 23 heavy (non-hydrogen) atoms. The Morgan fingerprint density at radius 3 is 2.83 bits per heavy atom. The molecule has 3 aliphatic rings. The predicted molar refractivity (Wildman–Crippen MR) is 91.9 cm³/mol. The second-order valence-corrected chi connectivity index (χ2v) is 7.97. The van der Waals surface area contributed by atoms with E-state index in [0.717, 1.165) is 24.7 Å². The van der Waals surface area contributed by atoms with Crippen LogP contribution in [0.15, 0.2) is 17.3 Å². The van der Waals surface area contributed by atoms with E-state index in [0.29, 0.717) is 11.7 Å². The predicted octanol–water partition coefficient (Wildman–Crippen LogP) is 4.56. The number of phenolic OH excluding ortho intramolecular Hbond substituents is 1. The number of aryl methyl sites for hydroxylation is 2. The fraction of sp³-hybridized carbons (Fsp3) is 0.650. The SMILES string of the molecule is CO/N=C1\CCC2C3CCc4cc(O)cc(C)c4C3CCC12C. The lowest BCUT2D eigenvalue weighted by Crippen LogP contribution is -2.42. The number of hydrogen-bond acceptors (Lipinski definition) is 3. The van der Waals surface area contributed by atoms with E-state index in [-0.39, 0.29) is 5.41 Å². The van der Waals surface area contributed by atoms with Gasteiger partial charge in [-0.05, 0) is 92.0 Å². The summed E-state index contributed by atoms with van der Waals surface area (Å²) in [5.41, 5.74) is 5.73. The summed E-state index contributed by atoms with van der Waals surface area (Å²) in [6, 6.07) is 3.94. The summed E-state index contributed by atoms with van der Waals surface area (Å²) < 4.78 is 0. The van der Waals surface area contributed by atoms with Crippen LogP contribution < -0.4 is 0 Å². The Morgan fingerprint density at radius 2 is 2.04 bits per heavy atom. The van der Waals surface area contributed by atoms with Crippen LogP contribution in [0.1, 0.15) is 61.6 Å². The van der Waals surface area contributed by atoms with Gasteiger partial charge in [0.15, 0.2) is 0 Å². The number of oxime groups is 1. The summed E-state index contributed by atoms with van der Waals surface area (Å²) in [5.74, 6) is 2.58. The summed E-state index contributed by atoms with van der Waals surface area (Å²) >= 11 is 0. The van der Waals surface area contributed by atoms with Crippen molar-refractivity contribution in [3.8, 4) is 5.75 Å². The minimum absolute atomic E-state index is 0.236. The molecule has 1 N–H and O–H groups in total. The molecule has 4 rings (SSSR count). The molecular formula is C20H27NO2. The quantitative estimate of drug-likeness (QED) is 0.772. The highest BCUT2D eigenvalue weighted by molar-refractivity contribution is 5.92. The molecule has 0 radical (unpaired) electrons. The van der Waals surface area contributed by atoms with Gasteiger partial charge in [0, 0.05) is 5.41 Å². The molecule has 0 heterocycles. The van der Waals surface area contributed by atoms with E-state index in [1.54, 1.807) is 12.7 Å². The van der Waals surface area contributed by atoms with Crippen LogP contribution in [0.4, 0.5) is 0 Å². The third-order valence-electron chi connectivity index (χ3n) is 6.95. The normalized spacial score (nSPS) is 37.2. The van der Waals surface area contributed by atoms with Crippen molar-refractivity contribution in [3.05, 3.63) is 28.8 Å². The lowest BCUT2D eigenvalue weighted by atomic mass is 9.55. The lowest BCUT2D eigenvalue weighted by molar-refractivity contribution is 0.0921. The van der Waals surface area contributed by atoms with Crippen molar-refractivity contribution in [3.63, 3.8) is 0 Å². The Labute approximate surface area is 138 Å². The minimum Gasteiger partial charge on any atom is -0.508 e. The van der Waals surface area contributed by atoms with E-state index in [1.807, 2.05) is 12.1 Å². The van der Waals surface area contributed by atoms with Crippen LogP contribution >= 0.6 is 0 Å². The molecule has 0 amide bonds. The molecule has 2 saturated carbocycles. The van der Waals surface area contributed by atoms with E-state index >= 15 is 0 Å². The van der Waals surface area contributed by atoms with Gasteiger partial charge in [-0.2, -0.15) is 0 Å². The number of nitrogens with zero attached hydrogens (tertiary/aromatic N) is 1. The zero-order valence-corrected chi connectivity index (χ0v) is 14.4. The molecule has 3 nitrogen and oxygen atoms in total. The third kappa shape index (κ3) is 2.12. The average Bonchev–Trinajstić information content (AvgIpc) is 2.84. The molecular weight excluding hydrogens is 286 g/mol. The summed E-state index contributed by atoms with van der Waals surface area (Å²) in [5, 5.41) is 14.3. The summed E-state index contributed by atoms with van der Waals surface area (Å²) in [6.07, 6.45) is 7.15. The molecule has 1 aromatic carbocycles. The first-order valence-corrected chi connectivity index (χ1v) is 8.97. The first kappa shape index (κ1) is 15.0. The van der Waals surface area contributed by atoms with E-state index in [2.05, 4.69) is 19.0 Å². The zero-order valence-electron chi connectivity index (χ0n) is 14.4. The van der Waals surface area contributed by atoms with E-state index in [9.17, 15) is 5.11 Å². The maximum absolute atomic E-state index is 9.92. The van der Waals surface area contributed by atoms with Crippen LogP contribution in [0.2, 0.25) is 0 Å². The standard InChI is InChI=1S/C20H27NO2/c1-12-10-14(22)11-13-4-5-15-16(19(12)13)8-9-20(2)17(15)6-7-18(20)21-23-3/h10-11,15-17,22H,4-9H2,1-3H3/b21-18+. The first-order chi connectivity index (χ1) is 11.0. The van der Waals surface area contributed by atoms with Crippen LogP contribution in [0.25, 0.3) is 0 Å². The van der Waals surface area contributed by atoms with Crippen LogP contribution in [0.5, 0.6) is 5.75 Å². The molecule has 0 aromatic heterocycles.